The molecule has 0 aliphatic rings. The second-order valence-corrected chi connectivity index (χ2v) is 0.889. The molecule has 0 aromatic heterocycles. The molecule has 0 aliphatic carbocycles. The summed E-state index contributed by atoms with van der Waals surface area (Å²) in [6.07, 6.45) is -0.699. The summed E-state index contributed by atoms with van der Waals surface area (Å²) in [6.45, 7) is 1.70. The van der Waals surface area contributed by atoms with Crippen molar-refractivity contribution in [2.75, 3.05) is 0 Å². The van der Waals surface area contributed by atoms with E-state index in [1.54, 1.807) is 6.92 Å². The third-order valence-electron chi connectivity index (χ3n) is 0.365. The van der Waals surface area contributed by atoms with Gasteiger partial charge in [0.25, 0.3) is 0 Å². The second-order valence-electron chi connectivity index (χ2n) is 0.889. The van der Waals surface area contributed by atoms with E-state index in [1.807, 2.05) is 0 Å². The summed E-state index contributed by atoms with van der Waals surface area (Å²) in [4.78, 5) is 0. The van der Waals surface area contributed by atoms with Crippen molar-refractivity contribution in [1.82, 2.24) is 0 Å². The van der Waals surface area contributed by atoms with Gasteiger partial charge in [-0.15, -0.1) is 0 Å². The number of aliphatic hydroxyl groups excluding tert-OH is 1. The smallest absolute Gasteiger partial charge is 0.151 e. The predicted octanol–water partition coefficient (Wildman–Crippen LogP) is -0.674. The van der Waals surface area contributed by atoms with Crippen molar-refractivity contribution in [1.29, 1.82) is 0 Å². The van der Waals surface area contributed by atoms with E-state index in [0.717, 1.165) is 0 Å². The van der Waals surface area contributed by atoms with Gasteiger partial charge in [0.05, 0.1) is 0 Å². The Morgan fingerprint density at radius 3 is 1.67 bits per heavy atom. The SMILES string of the molecule is CCC(O)O.[Sn]. The number of aliphatic hydroxyl groups is 2. The van der Waals surface area contributed by atoms with E-state index in [-0.39, 0.29) is 23.9 Å². The molecule has 0 aromatic carbocycles. The molecule has 0 heterocycles. The summed E-state index contributed by atoms with van der Waals surface area (Å²) in [7, 11) is 0. The molecule has 3 heteroatoms. The van der Waals surface area contributed by atoms with Crippen LogP contribution in [0.5, 0.6) is 0 Å². The second kappa shape index (κ2) is 5.72. The van der Waals surface area contributed by atoms with Crippen LogP contribution in [0.3, 0.4) is 0 Å². The topological polar surface area (TPSA) is 40.5 Å². The zero-order chi connectivity index (χ0) is 4.28. The quantitative estimate of drug-likeness (QED) is 0.430. The molecule has 0 atom stereocenters. The largest absolute Gasteiger partial charge is 0.368 e. The van der Waals surface area contributed by atoms with Gasteiger partial charge >= 0.3 is 0 Å². The minimum Gasteiger partial charge on any atom is -0.368 e. The van der Waals surface area contributed by atoms with Crippen LogP contribution in [0.15, 0.2) is 0 Å². The molecule has 36 valence electrons. The molecule has 0 aliphatic heterocycles. The molecule has 0 bridgehead atoms. The summed E-state index contributed by atoms with van der Waals surface area (Å²) in [5.74, 6) is 0. The maximum absolute atomic E-state index is 7.92. The molecule has 0 unspecified atom stereocenters. The van der Waals surface area contributed by atoms with Gasteiger partial charge in [-0.05, 0) is 6.42 Å². The fraction of sp³-hybridized carbons (Fsp3) is 1.00. The minimum absolute atomic E-state index is 0. The molecule has 0 saturated heterocycles. The summed E-state index contributed by atoms with van der Waals surface area (Å²) >= 11 is 0. The average Bonchev–Trinajstić information content (AvgIpc) is 1.38. The van der Waals surface area contributed by atoms with E-state index in [1.165, 1.54) is 0 Å². The zero-order valence-corrected chi connectivity index (χ0v) is 6.53. The molecule has 0 spiro atoms. The monoisotopic (exact) mass is 196 g/mol. The summed E-state index contributed by atoms with van der Waals surface area (Å²) in [6, 6.07) is 0. The van der Waals surface area contributed by atoms with Gasteiger partial charge in [-0.3, -0.25) is 0 Å². The Hall–Kier alpha value is 0.719. The third-order valence-corrected chi connectivity index (χ3v) is 0.365. The molecule has 6 heavy (non-hydrogen) atoms. The molecule has 0 aromatic rings. The Morgan fingerprint density at radius 1 is 1.50 bits per heavy atom. The van der Waals surface area contributed by atoms with E-state index in [2.05, 4.69) is 0 Å². The Kier molecular flexibility index (Phi) is 9.41. The number of rotatable bonds is 1. The fourth-order valence-electron chi connectivity index (χ4n) is 0. The number of hydrogen-bond acceptors (Lipinski definition) is 2. The van der Waals surface area contributed by atoms with Gasteiger partial charge in [-0.1, -0.05) is 6.92 Å². The van der Waals surface area contributed by atoms with Gasteiger partial charge in [0.15, 0.2) is 6.29 Å². The van der Waals surface area contributed by atoms with E-state index >= 15 is 0 Å². The van der Waals surface area contributed by atoms with Crippen LogP contribution < -0.4 is 0 Å². The maximum atomic E-state index is 7.92. The first kappa shape index (κ1) is 9.87. The standard InChI is InChI=1S/C3H8O2.Sn/c1-2-3(4)5;/h3-5H,2H2,1H3;. The van der Waals surface area contributed by atoms with E-state index < -0.39 is 6.29 Å². The first-order valence-corrected chi connectivity index (χ1v) is 1.63. The fourth-order valence-corrected chi connectivity index (χ4v) is 0. The van der Waals surface area contributed by atoms with Gasteiger partial charge in [0, 0.05) is 23.9 Å². The molecular weight excluding hydrogens is 187 g/mol. The first-order valence-electron chi connectivity index (χ1n) is 1.63. The molecule has 2 nitrogen and oxygen atoms in total. The Morgan fingerprint density at radius 2 is 1.67 bits per heavy atom. The van der Waals surface area contributed by atoms with Crippen molar-refractivity contribution in [3.63, 3.8) is 0 Å². The van der Waals surface area contributed by atoms with Crippen molar-refractivity contribution in [3.05, 3.63) is 0 Å². The summed E-state index contributed by atoms with van der Waals surface area (Å²) in [5, 5.41) is 15.8. The molecule has 0 amide bonds. The van der Waals surface area contributed by atoms with Crippen LogP contribution in [0.4, 0.5) is 0 Å². The molecule has 2 N–H and O–H groups in total. The van der Waals surface area contributed by atoms with E-state index in [9.17, 15) is 0 Å². The molecule has 4 radical (unpaired) electrons. The van der Waals surface area contributed by atoms with Crippen LogP contribution in [0.2, 0.25) is 0 Å². The van der Waals surface area contributed by atoms with Gasteiger partial charge in [-0.25, -0.2) is 0 Å². The Balaban J connectivity index is 0. The normalized spacial score (nSPS) is 8.00. The average molecular weight is 195 g/mol. The molecule has 0 rings (SSSR count). The van der Waals surface area contributed by atoms with Gasteiger partial charge < -0.3 is 10.2 Å². The van der Waals surface area contributed by atoms with Gasteiger partial charge in [0.2, 0.25) is 0 Å². The molecule has 0 saturated carbocycles. The third kappa shape index (κ3) is 8.83. The van der Waals surface area contributed by atoms with Crippen molar-refractivity contribution in [2.24, 2.45) is 0 Å². The van der Waals surface area contributed by atoms with Crippen molar-refractivity contribution in [2.45, 2.75) is 19.6 Å². The Labute approximate surface area is 54.1 Å². The van der Waals surface area contributed by atoms with Crippen LogP contribution >= 0.6 is 0 Å². The predicted molar refractivity (Wildman–Crippen MR) is 24.3 cm³/mol. The van der Waals surface area contributed by atoms with Crippen molar-refractivity contribution < 1.29 is 10.2 Å². The number of hydrogen-bond donors (Lipinski definition) is 2. The molecular formula is C3H8O2Sn. The minimum atomic E-state index is -1.12. The first-order chi connectivity index (χ1) is 2.27. The van der Waals surface area contributed by atoms with E-state index in [4.69, 9.17) is 10.2 Å². The van der Waals surface area contributed by atoms with Crippen LogP contribution in [0.1, 0.15) is 13.3 Å². The van der Waals surface area contributed by atoms with E-state index in [0.29, 0.717) is 6.42 Å². The van der Waals surface area contributed by atoms with Crippen LogP contribution in [-0.4, -0.2) is 40.4 Å². The van der Waals surface area contributed by atoms with Crippen LogP contribution in [0, 0.1) is 0 Å². The summed E-state index contributed by atoms with van der Waals surface area (Å²) < 4.78 is 0. The van der Waals surface area contributed by atoms with Crippen LogP contribution in [-0.2, 0) is 0 Å². The maximum Gasteiger partial charge on any atom is 0.151 e. The van der Waals surface area contributed by atoms with Crippen LogP contribution in [0.25, 0.3) is 0 Å². The van der Waals surface area contributed by atoms with Gasteiger partial charge in [0.1, 0.15) is 0 Å². The van der Waals surface area contributed by atoms with Crippen molar-refractivity contribution >= 4 is 23.9 Å². The van der Waals surface area contributed by atoms with Gasteiger partial charge in [-0.2, -0.15) is 0 Å². The zero-order valence-electron chi connectivity index (χ0n) is 3.68. The summed E-state index contributed by atoms with van der Waals surface area (Å²) in [5.41, 5.74) is 0. The molecule has 0 fully saturated rings. The Bertz CT molecular complexity index is 22.8. The van der Waals surface area contributed by atoms with Crippen molar-refractivity contribution in [3.8, 4) is 0 Å².